The highest BCUT2D eigenvalue weighted by Crippen LogP contribution is 2.12. The first-order valence-electron chi connectivity index (χ1n) is 6.62. The average molecular weight is 321 g/mol. The van der Waals surface area contributed by atoms with Crippen LogP contribution in [0.15, 0.2) is 30.5 Å². The molecule has 0 spiro atoms. The number of aromatic nitrogens is 1. The summed E-state index contributed by atoms with van der Waals surface area (Å²) >= 11 is 0. The van der Waals surface area contributed by atoms with Gasteiger partial charge in [-0.2, -0.15) is 0 Å². The molecule has 0 fully saturated rings. The third-order valence-corrected chi connectivity index (χ3v) is 3.20. The monoisotopic (exact) mass is 321 g/mol. The number of aryl methyl sites for hydroxylation is 1. The van der Waals surface area contributed by atoms with Crippen LogP contribution in [-0.2, 0) is 11.8 Å². The van der Waals surface area contributed by atoms with Crippen LogP contribution in [0.25, 0.3) is 0 Å². The Morgan fingerprint density at radius 3 is 2.35 bits per heavy atom. The van der Waals surface area contributed by atoms with Gasteiger partial charge < -0.3 is 9.30 Å². The quantitative estimate of drug-likeness (QED) is 0.627. The normalized spacial score (nSPS) is 10.4. The first kappa shape index (κ1) is 16.5. The molecule has 0 bridgehead atoms. The van der Waals surface area contributed by atoms with Crippen molar-refractivity contribution in [2.75, 3.05) is 6.61 Å². The molecule has 7 heteroatoms. The zero-order valence-corrected chi connectivity index (χ0v) is 12.4. The Kier molecular flexibility index (Phi) is 4.68. The molecule has 23 heavy (non-hydrogen) atoms. The molecule has 1 heterocycles. The summed E-state index contributed by atoms with van der Waals surface area (Å²) in [6.07, 6.45) is 1.47. The number of esters is 1. The number of halogens is 2. The highest BCUT2D eigenvalue weighted by atomic mass is 19.2. The van der Waals surface area contributed by atoms with E-state index in [-0.39, 0.29) is 17.0 Å². The first-order chi connectivity index (χ1) is 10.8. The van der Waals surface area contributed by atoms with Gasteiger partial charge in [-0.15, -0.1) is 0 Å². The molecule has 120 valence electrons. The third kappa shape index (κ3) is 3.68. The van der Waals surface area contributed by atoms with E-state index < -0.39 is 30.0 Å². The number of carbonyl (C=O) groups is 3. The van der Waals surface area contributed by atoms with Crippen LogP contribution in [-0.4, -0.2) is 28.7 Å². The van der Waals surface area contributed by atoms with E-state index in [0.29, 0.717) is 5.56 Å². The Labute approximate surface area is 130 Å². The van der Waals surface area contributed by atoms with Crippen molar-refractivity contribution < 1.29 is 27.9 Å². The van der Waals surface area contributed by atoms with Gasteiger partial charge in [0.05, 0.1) is 0 Å². The van der Waals surface area contributed by atoms with E-state index in [1.807, 2.05) is 0 Å². The van der Waals surface area contributed by atoms with Gasteiger partial charge in [0.15, 0.2) is 29.8 Å². The maximum Gasteiger partial charge on any atom is 0.355 e. The number of ketones is 2. The number of nitrogens with zero attached hydrogens (tertiary/aromatic N) is 1. The smallest absolute Gasteiger partial charge is 0.355 e. The predicted molar refractivity (Wildman–Crippen MR) is 76.4 cm³/mol. The van der Waals surface area contributed by atoms with Crippen LogP contribution in [0.2, 0.25) is 0 Å². The lowest BCUT2D eigenvalue weighted by molar-refractivity contribution is 0.0465. The molecule has 5 nitrogen and oxygen atoms in total. The summed E-state index contributed by atoms with van der Waals surface area (Å²) < 4.78 is 32.1. The van der Waals surface area contributed by atoms with Crippen molar-refractivity contribution in [1.82, 2.24) is 4.57 Å². The molecular formula is C16H13F2NO4. The largest absolute Gasteiger partial charge is 0.453 e. The molecule has 0 unspecified atom stereocenters. The molecular weight excluding hydrogens is 308 g/mol. The molecule has 1 aromatic carbocycles. The number of hydrogen-bond donors (Lipinski definition) is 0. The van der Waals surface area contributed by atoms with Crippen LogP contribution in [0.1, 0.15) is 38.1 Å². The molecule has 0 amide bonds. The number of carbonyl (C=O) groups excluding carboxylic acids is 3. The lowest BCUT2D eigenvalue weighted by Gasteiger charge is -2.05. The maximum atomic E-state index is 13.1. The maximum absolute atomic E-state index is 13.1. The lowest BCUT2D eigenvalue weighted by Crippen LogP contribution is -2.16. The Morgan fingerprint density at radius 1 is 1.09 bits per heavy atom. The van der Waals surface area contributed by atoms with Crippen LogP contribution in [0.4, 0.5) is 8.78 Å². The molecule has 0 saturated carbocycles. The van der Waals surface area contributed by atoms with Crippen molar-refractivity contribution in [3.8, 4) is 0 Å². The van der Waals surface area contributed by atoms with Gasteiger partial charge in [-0.05, 0) is 31.2 Å². The minimum atomic E-state index is -1.16. The highest BCUT2D eigenvalue weighted by molar-refractivity contribution is 6.00. The van der Waals surface area contributed by atoms with E-state index in [0.717, 1.165) is 18.2 Å². The molecule has 0 saturated heterocycles. The molecule has 0 aliphatic rings. The molecule has 1 aromatic heterocycles. The van der Waals surface area contributed by atoms with E-state index >= 15 is 0 Å². The summed E-state index contributed by atoms with van der Waals surface area (Å²) in [6, 6.07) is 4.01. The Balaban J connectivity index is 2.05. The second kappa shape index (κ2) is 6.51. The molecule has 2 rings (SSSR count). The summed E-state index contributed by atoms with van der Waals surface area (Å²) in [5.41, 5.74) is 0.340. The Bertz CT molecular complexity index is 795. The minimum absolute atomic E-state index is 0.104. The van der Waals surface area contributed by atoms with Crippen molar-refractivity contribution in [2.45, 2.75) is 6.92 Å². The average Bonchev–Trinajstić information content (AvgIpc) is 2.89. The van der Waals surface area contributed by atoms with Crippen molar-refractivity contribution in [1.29, 1.82) is 0 Å². The molecule has 0 aliphatic heterocycles. The van der Waals surface area contributed by atoms with Crippen molar-refractivity contribution in [3.05, 3.63) is 58.9 Å². The van der Waals surface area contributed by atoms with Gasteiger partial charge in [0, 0.05) is 24.4 Å². The second-order valence-electron chi connectivity index (χ2n) is 4.91. The molecule has 0 radical (unpaired) electrons. The number of hydrogen-bond acceptors (Lipinski definition) is 4. The topological polar surface area (TPSA) is 65.4 Å². The zero-order valence-electron chi connectivity index (χ0n) is 12.4. The van der Waals surface area contributed by atoms with Crippen LogP contribution in [0, 0.1) is 11.6 Å². The van der Waals surface area contributed by atoms with E-state index in [4.69, 9.17) is 4.74 Å². The minimum Gasteiger partial charge on any atom is -0.453 e. The SMILES string of the molecule is CC(=O)c1cc(C(=O)OCC(=O)c2ccc(F)c(F)c2)n(C)c1. The van der Waals surface area contributed by atoms with E-state index in [9.17, 15) is 23.2 Å². The van der Waals surface area contributed by atoms with Gasteiger partial charge in [0.25, 0.3) is 0 Å². The fourth-order valence-electron chi connectivity index (χ4n) is 1.92. The molecule has 0 aliphatic carbocycles. The van der Waals surface area contributed by atoms with E-state index in [2.05, 4.69) is 0 Å². The molecule has 2 aromatic rings. The standard InChI is InChI=1S/C16H13F2NO4/c1-9(20)11-6-14(19(2)7-11)16(22)23-8-15(21)10-3-4-12(17)13(18)5-10/h3-7H,8H2,1-2H3. The van der Waals surface area contributed by atoms with Crippen molar-refractivity contribution in [3.63, 3.8) is 0 Å². The van der Waals surface area contributed by atoms with Crippen LogP contribution >= 0.6 is 0 Å². The third-order valence-electron chi connectivity index (χ3n) is 3.20. The number of benzene rings is 1. The first-order valence-corrected chi connectivity index (χ1v) is 6.62. The fraction of sp³-hybridized carbons (Fsp3) is 0.188. The fourth-order valence-corrected chi connectivity index (χ4v) is 1.92. The number of Topliss-reactive ketones (excluding diaryl/α,β-unsaturated/α-hetero) is 2. The van der Waals surface area contributed by atoms with E-state index in [1.165, 1.54) is 23.8 Å². The summed E-state index contributed by atoms with van der Waals surface area (Å²) in [6.45, 7) is 0.738. The van der Waals surface area contributed by atoms with Crippen molar-refractivity contribution >= 4 is 17.5 Å². The number of rotatable bonds is 5. The summed E-state index contributed by atoms with van der Waals surface area (Å²) in [5.74, 6) is -3.90. The van der Waals surface area contributed by atoms with Crippen LogP contribution < -0.4 is 0 Å². The second-order valence-corrected chi connectivity index (χ2v) is 4.91. The molecule has 0 N–H and O–H groups in total. The van der Waals surface area contributed by atoms with Crippen molar-refractivity contribution in [2.24, 2.45) is 7.05 Å². The Hall–Kier alpha value is -2.83. The highest BCUT2D eigenvalue weighted by Gasteiger charge is 2.17. The number of ether oxygens (including phenoxy) is 1. The van der Waals surface area contributed by atoms with Gasteiger partial charge >= 0.3 is 5.97 Å². The summed E-state index contributed by atoms with van der Waals surface area (Å²) in [7, 11) is 1.56. The van der Waals surface area contributed by atoms with Gasteiger partial charge in [0.2, 0.25) is 0 Å². The summed E-state index contributed by atoms with van der Waals surface area (Å²) in [5, 5.41) is 0. The summed E-state index contributed by atoms with van der Waals surface area (Å²) in [4.78, 5) is 35.0. The predicted octanol–water partition coefficient (Wildman–Crippen LogP) is 2.55. The van der Waals surface area contributed by atoms with Gasteiger partial charge in [0.1, 0.15) is 5.69 Å². The van der Waals surface area contributed by atoms with Crippen LogP contribution in [0.3, 0.4) is 0 Å². The lowest BCUT2D eigenvalue weighted by atomic mass is 10.1. The van der Waals surface area contributed by atoms with Gasteiger partial charge in [-0.3, -0.25) is 9.59 Å². The van der Waals surface area contributed by atoms with Gasteiger partial charge in [-0.25, -0.2) is 13.6 Å². The molecule has 0 atom stereocenters. The Morgan fingerprint density at radius 2 is 1.78 bits per heavy atom. The van der Waals surface area contributed by atoms with Gasteiger partial charge in [-0.1, -0.05) is 0 Å². The van der Waals surface area contributed by atoms with E-state index in [1.54, 1.807) is 7.05 Å². The van der Waals surface area contributed by atoms with Crippen LogP contribution in [0.5, 0.6) is 0 Å². The zero-order chi connectivity index (χ0) is 17.1.